The van der Waals surface area contributed by atoms with Crippen molar-refractivity contribution in [3.05, 3.63) is 53.0 Å². The van der Waals surface area contributed by atoms with Gasteiger partial charge in [-0.15, -0.1) is 0 Å². The summed E-state index contributed by atoms with van der Waals surface area (Å²) in [5, 5.41) is 0. The summed E-state index contributed by atoms with van der Waals surface area (Å²) in [5.41, 5.74) is 2.40. The maximum atomic E-state index is 5.57. The first kappa shape index (κ1) is 13.2. The van der Waals surface area contributed by atoms with Gasteiger partial charge < -0.3 is 9.15 Å². The van der Waals surface area contributed by atoms with Gasteiger partial charge in [0.2, 0.25) is 0 Å². The fourth-order valence-electron chi connectivity index (χ4n) is 2.14. The van der Waals surface area contributed by atoms with E-state index in [1.54, 1.807) is 7.11 Å². The van der Waals surface area contributed by atoms with Crippen molar-refractivity contribution < 1.29 is 9.15 Å². The molecule has 0 bridgehead atoms. The minimum atomic E-state index is 0.242. The molecule has 2 nitrogen and oxygen atoms in total. The molecule has 0 N–H and O–H groups in total. The molecule has 1 aromatic heterocycles. The first-order valence-electron chi connectivity index (χ1n) is 5.94. The Morgan fingerprint density at radius 1 is 1.28 bits per heavy atom. The molecule has 0 saturated carbocycles. The fourth-order valence-corrected chi connectivity index (χ4v) is 2.94. The van der Waals surface area contributed by atoms with Crippen molar-refractivity contribution >= 4 is 15.9 Å². The number of hydrogen-bond acceptors (Lipinski definition) is 2. The predicted molar refractivity (Wildman–Crippen MR) is 76.5 cm³/mol. The van der Waals surface area contributed by atoms with E-state index >= 15 is 0 Å². The van der Waals surface area contributed by atoms with Gasteiger partial charge in [0.1, 0.15) is 17.3 Å². The third kappa shape index (κ3) is 2.78. The molecule has 1 atom stereocenters. The molecule has 18 heavy (non-hydrogen) atoms. The third-order valence-corrected chi connectivity index (χ3v) is 3.83. The Bertz CT molecular complexity index is 531. The zero-order valence-corrected chi connectivity index (χ0v) is 12.5. The van der Waals surface area contributed by atoms with Gasteiger partial charge in [-0.25, -0.2) is 0 Å². The highest BCUT2D eigenvalue weighted by Crippen LogP contribution is 2.33. The normalized spacial score (nSPS) is 12.4. The number of methoxy groups -OCH3 is 1. The predicted octanol–water partition coefficient (Wildman–Crippen LogP) is 4.58. The Balaban J connectivity index is 2.21. The lowest BCUT2D eigenvalue weighted by Crippen LogP contribution is -1.98. The van der Waals surface area contributed by atoms with Crippen LogP contribution < -0.4 is 4.74 Å². The largest absolute Gasteiger partial charge is 0.496 e. The van der Waals surface area contributed by atoms with Crippen LogP contribution in [0.1, 0.15) is 27.5 Å². The van der Waals surface area contributed by atoms with Crippen LogP contribution in [0.2, 0.25) is 0 Å². The van der Waals surface area contributed by atoms with Crippen LogP contribution in [0.3, 0.4) is 0 Å². The second-order valence-electron chi connectivity index (χ2n) is 4.35. The summed E-state index contributed by atoms with van der Waals surface area (Å²) in [6.07, 6.45) is 0.879. The highest BCUT2D eigenvalue weighted by Gasteiger charge is 2.16. The van der Waals surface area contributed by atoms with Crippen LogP contribution in [-0.4, -0.2) is 7.11 Å². The van der Waals surface area contributed by atoms with E-state index in [4.69, 9.17) is 9.15 Å². The van der Waals surface area contributed by atoms with Gasteiger partial charge in [-0.2, -0.15) is 0 Å². The second-order valence-corrected chi connectivity index (χ2v) is 5.46. The van der Waals surface area contributed by atoms with Crippen molar-refractivity contribution in [1.82, 2.24) is 0 Å². The van der Waals surface area contributed by atoms with Gasteiger partial charge in [0.15, 0.2) is 0 Å². The minimum Gasteiger partial charge on any atom is -0.496 e. The van der Waals surface area contributed by atoms with E-state index in [0.29, 0.717) is 0 Å². The summed E-state index contributed by atoms with van der Waals surface area (Å²) < 4.78 is 10.9. The third-order valence-electron chi connectivity index (χ3n) is 3.01. The first-order valence-corrected chi connectivity index (χ1v) is 6.86. The average Bonchev–Trinajstić information content (AvgIpc) is 2.69. The standard InChI is InChI=1S/C15H17BrO2/c1-10-8-13(11(2)18-10)14(16)9-12-6-4-5-7-15(12)17-3/h4-8,14H,9H2,1-3H3. The van der Waals surface area contributed by atoms with Crippen molar-refractivity contribution in [1.29, 1.82) is 0 Å². The average molecular weight is 309 g/mol. The van der Waals surface area contributed by atoms with Gasteiger partial charge >= 0.3 is 0 Å². The van der Waals surface area contributed by atoms with Crippen molar-refractivity contribution in [2.24, 2.45) is 0 Å². The molecule has 0 fully saturated rings. The molecule has 0 aliphatic rings. The van der Waals surface area contributed by atoms with Gasteiger partial charge in [-0.05, 0) is 38.0 Å². The van der Waals surface area contributed by atoms with Crippen LogP contribution in [0.4, 0.5) is 0 Å². The van der Waals surface area contributed by atoms with Crippen LogP contribution in [0.5, 0.6) is 5.75 Å². The number of halogens is 1. The molecule has 3 heteroatoms. The molecule has 0 aliphatic carbocycles. The molecule has 0 radical (unpaired) electrons. The van der Waals surface area contributed by atoms with Gasteiger partial charge in [0.05, 0.1) is 7.11 Å². The number of para-hydroxylation sites is 1. The maximum Gasteiger partial charge on any atom is 0.122 e. The Labute approximate surface area is 116 Å². The van der Waals surface area contributed by atoms with Gasteiger partial charge in [0, 0.05) is 10.4 Å². The Morgan fingerprint density at radius 2 is 2.00 bits per heavy atom. The van der Waals surface area contributed by atoms with Gasteiger partial charge in [0.25, 0.3) is 0 Å². The molecule has 0 saturated heterocycles. The summed E-state index contributed by atoms with van der Waals surface area (Å²) in [4.78, 5) is 0.242. The van der Waals surface area contributed by atoms with Crippen molar-refractivity contribution in [2.45, 2.75) is 25.1 Å². The van der Waals surface area contributed by atoms with Gasteiger partial charge in [-0.1, -0.05) is 34.1 Å². The quantitative estimate of drug-likeness (QED) is 0.771. The Kier molecular flexibility index (Phi) is 4.12. The highest BCUT2D eigenvalue weighted by molar-refractivity contribution is 9.09. The van der Waals surface area contributed by atoms with Crippen molar-refractivity contribution in [3.63, 3.8) is 0 Å². The lowest BCUT2D eigenvalue weighted by atomic mass is 10.0. The summed E-state index contributed by atoms with van der Waals surface area (Å²) in [7, 11) is 1.70. The number of hydrogen-bond donors (Lipinski definition) is 0. The van der Waals surface area contributed by atoms with E-state index in [1.807, 2.05) is 32.0 Å². The van der Waals surface area contributed by atoms with E-state index in [-0.39, 0.29) is 4.83 Å². The van der Waals surface area contributed by atoms with Crippen LogP contribution in [0.25, 0.3) is 0 Å². The second kappa shape index (κ2) is 5.61. The van der Waals surface area contributed by atoms with E-state index < -0.39 is 0 Å². The molecule has 0 amide bonds. The van der Waals surface area contributed by atoms with Crippen LogP contribution in [0, 0.1) is 13.8 Å². The fraction of sp³-hybridized carbons (Fsp3) is 0.333. The monoisotopic (exact) mass is 308 g/mol. The van der Waals surface area contributed by atoms with Crippen LogP contribution >= 0.6 is 15.9 Å². The van der Waals surface area contributed by atoms with E-state index in [9.17, 15) is 0 Å². The zero-order chi connectivity index (χ0) is 13.1. The lowest BCUT2D eigenvalue weighted by Gasteiger charge is -2.12. The van der Waals surface area contributed by atoms with Crippen LogP contribution in [-0.2, 0) is 6.42 Å². The summed E-state index contributed by atoms with van der Waals surface area (Å²) in [5.74, 6) is 2.86. The molecule has 1 heterocycles. The van der Waals surface area contributed by atoms with E-state index in [1.165, 1.54) is 11.1 Å². The molecule has 0 aliphatic heterocycles. The summed E-state index contributed by atoms with van der Waals surface area (Å²) in [6, 6.07) is 10.2. The Hall–Kier alpha value is -1.22. The van der Waals surface area contributed by atoms with E-state index in [0.717, 1.165) is 23.7 Å². The molecule has 1 aromatic carbocycles. The molecule has 2 aromatic rings. The number of alkyl halides is 1. The molecule has 96 valence electrons. The van der Waals surface area contributed by atoms with Gasteiger partial charge in [-0.3, -0.25) is 0 Å². The topological polar surface area (TPSA) is 22.4 Å². The number of ether oxygens (including phenoxy) is 1. The van der Waals surface area contributed by atoms with Crippen molar-refractivity contribution in [3.8, 4) is 5.75 Å². The smallest absolute Gasteiger partial charge is 0.122 e. The summed E-state index contributed by atoms with van der Waals surface area (Å²) >= 11 is 3.73. The lowest BCUT2D eigenvalue weighted by molar-refractivity contribution is 0.409. The highest BCUT2D eigenvalue weighted by atomic mass is 79.9. The maximum absolute atomic E-state index is 5.57. The number of rotatable bonds is 4. The van der Waals surface area contributed by atoms with E-state index in [2.05, 4.69) is 28.1 Å². The zero-order valence-electron chi connectivity index (χ0n) is 10.9. The Morgan fingerprint density at radius 3 is 2.61 bits per heavy atom. The molecule has 0 spiro atoms. The number of furan rings is 1. The molecular formula is C15H17BrO2. The van der Waals surface area contributed by atoms with Crippen LogP contribution in [0.15, 0.2) is 34.7 Å². The minimum absolute atomic E-state index is 0.242. The van der Waals surface area contributed by atoms with Crippen molar-refractivity contribution in [2.75, 3.05) is 7.11 Å². The SMILES string of the molecule is COc1ccccc1CC(Br)c1cc(C)oc1C. The number of benzene rings is 1. The summed E-state index contributed by atoms with van der Waals surface area (Å²) in [6.45, 7) is 3.97. The first-order chi connectivity index (χ1) is 8.61. The number of aryl methyl sites for hydroxylation is 2. The molecular weight excluding hydrogens is 292 g/mol. The molecule has 1 unspecified atom stereocenters. The molecule has 2 rings (SSSR count).